The van der Waals surface area contributed by atoms with Crippen LogP contribution in [0.3, 0.4) is 0 Å². The highest BCUT2D eigenvalue weighted by atomic mass is 19.4. The summed E-state index contributed by atoms with van der Waals surface area (Å²) in [5.41, 5.74) is 0.947. The van der Waals surface area contributed by atoms with Crippen molar-refractivity contribution in [2.45, 2.75) is 31.5 Å². The van der Waals surface area contributed by atoms with Crippen molar-refractivity contribution in [3.05, 3.63) is 42.2 Å². The molecule has 3 rings (SSSR count). The highest BCUT2D eigenvalue weighted by Crippen LogP contribution is 2.23. The number of piperidine rings is 1. The third-order valence-electron chi connectivity index (χ3n) is 4.88. The summed E-state index contributed by atoms with van der Waals surface area (Å²) >= 11 is 0. The van der Waals surface area contributed by atoms with E-state index < -0.39 is 30.6 Å². The largest absolute Gasteiger partial charge is 0.405 e. The number of hydrogen-bond acceptors (Lipinski definition) is 5. The third-order valence-corrected chi connectivity index (χ3v) is 4.88. The number of nitrogens with one attached hydrogen (secondary N) is 1. The average Bonchev–Trinajstić information content (AvgIpc) is 3.24. The topological polar surface area (TPSA) is 93.0 Å². The molecule has 0 unspecified atom stereocenters. The number of amides is 2. The van der Waals surface area contributed by atoms with E-state index in [1.54, 1.807) is 4.90 Å². The minimum atomic E-state index is -4.44. The molecule has 0 aliphatic carbocycles. The van der Waals surface area contributed by atoms with E-state index >= 15 is 0 Å². The number of halogens is 3. The molecule has 2 amide bonds. The van der Waals surface area contributed by atoms with Gasteiger partial charge in [-0.1, -0.05) is 30.3 Å². The first-order valence-corrected chi connectivity index (χ1v) is 9.23. The van der Waals surface area contributed by atoms with Gasteiger partial charge in [0.05, 0.1) is 0 Å². The molecule has 0 radical (unpaired) electrons. The Morgan fingerprint density at radius 1 is 1.17 bits per heavy atom. The van der Waals surface area contributed by atoms with Crippen LogP contribution in [-0.2, 0) is 16.0 Å². The lowest BCUT2D eigenvalue weighted by atomic mass is 9.95. The van der Waals surface area contributed by atoms with Crippen LogP contribution in [0.15, 0.2) is 36.7 Å². The van der Waals surface area contributed by atoms with Crippen LogP contribution in [-0.4, -0.2) is 62.7 Å². The Kier molecular flexibility index (Phi) is 6.45. The first-order chi connectivity index (χ1) is 13.8. The van der Waals surface area contributed by atoms with Crippen molar-refractivity contribution < 1.29 is 22.8 Å². The Bertz CT molecular complexity index is 805. The van der Waals surface area contributed by atoms with Gasteiger partial charge in [0.25, 0.3) is 0 Å². The molecule has 0 spiro atoms. The smallest absolute Gasteiger partial charge is 0.347 e. The van der Waals surface area contributed by atoms with Gasteiger partial charge in [0, 0.05) is 25.4 Å². The van der Waals surface area contributed by atoms with Crippen molar-refractivity contribution in [3.63, 3.8) is 0 Å². The van der Waals surface area contributed by atoms with Gasteiger partial charge in [-0.2, -0.15) is 13.2 Å². The van der Waals surface area contributed by atoms with Gasteiger partial charge in [-0.05, 0) is 28.8 Å². The average molecular weight is 410 g/mol. The van der Waals surface area contributed by atoms with Crippen LogP contribution in [0.1, 0.15) is 24.4 Å². The van der Waals surface area contributed by atoms with Crippen molar-refractivity contribution >= 4 is 11.8 Å². The summed E-state index contributed by atoms with van der Waals surface area (Å²) in [7, 11) is 0. The van der Waals surface area contributed by atoms with Gasteiger partial charge >= 0.3 is 6.18 Å². The molecule has 1 N–H and O–H groups in total. The maximum atomic E-state index is 13.1. The Morgan fingerprint density at radius 3 is 2.45 bits per heavy atom. The zero-order valence-corrected chi connectivity index (χ0v) is 15.5. The SMILES string of the molecule is O=C(NCC(F)(F)F)C1CCN(C(=O)[C@@H](Cc2ccccc2)n2cnnn2)CC1. The Morgan fingerprint density at radius 2 is 1.86 bits per heavy atom. The highest BCUT2D eigenvalue weighted by molar-refractivity contribution is 5.82. The van der Waals surface area contributed by atoms with E-state index in [4.69, 9.17) is 0 Å². The van der Waals surface area contributed by atoms with Crippen molar-refractivity contribution in [2.24, 2.45) is 5.92 Å². The number of nitrogens with zero attached hydrogens (tertiary/aromatic N) is 5. The number of alkyl halides is 3. The molecule has 1 atom stereocenters. The predicted octanol–water partition coefficient (Wildman–Crippen LogP) is 1.37. The maximum Gasteiger partial charge on any atom is 0.405 e. The van der Waals surface area contributed by atoms with Gasteiger partial charge in [0.2, 0.25) is 11.8 Å². The summed E-state index contributed by atoms with van der Waals surface area (Å²) in [5, 5.41) is 13.0. The number of likely N-dealkylation sites (tertiary alicyclic amines) is 1. The van der Waals surface area contributed by atoms with Crippen LogP contribution < -0.4 is 5.32 Å². The minimum Gasteiger partial charge on any atom is -0.347 e. The monoisotopic (exact) mass is 410 g/mol. The van der Waals surface area contributed by atoms with Crippen LogP contribution in [0.25, 0.3) is 0 Å². The predicted molar refractivity (Wildman–Crippen MR) is 95.4 cm³/mol. The molecular weight excluding hydrogens is 389 g/mol. The van der Waals surface area contributed by atoms with Gasteiger partial charge in [-0.25, -0.2) is 4.68 Å². The molecule has 0 bridgehead atoms. The molecule has 11 heteroatoms. The fourth-order valence-electron chi connectivity index (χ4n) is 3.35. The third kappa shape index (κ3) is 5.75. The number of hydrogen-bond donors (Lipinski definition) is 1. The second-order valence-electron chi connectivity index (χ2n) is 6.93. The highest BCUT2D eigenvalue weighted by Gasteiger charge is 2.34. The molecule has 1 saturated heterocycles. The molecule has 1 aromatic heterocycles. The molecule has 8 nitrogen and oxygen atoms in total. The molecule has 1 aliphatic heterocycles. The van der Waals surface area contributed by atoms with Crippen molar-refractivity contribution in [1.29, 1.82) is 0 Å². The lowest BCUT2D eigenvalue weighted by Crippen LogP contribution is -2.46. The number of carbonyl (C=O) groups is 2. The van der Waals surface area contributed by atoms with Gasteiger partial charge in [-0.3, -0.25) is 9.59 Å². The van der Waals surface area contributed by atoms with Crippen LogP contribution in [0.4, 0.5) is 13.2 Å². The lowest BCUT2D eigenvalue weighted by molar-refractivity contribution is -0.143. The van der Waals surface area contributed by atoms with E-state index in [1.807, 2.05) is 35.6 Å². The van der Waals surface area contributed by atoms with Crippen molar-refractivity contribution in [3.8, 4) is 0 Å². The number of carbonyl (C=O) groups excluding carboxylic acids is 2. The van der Waals surface area contributed by atoms with E-state index in [-0.39, 0.29) is 19.0 Å². The summed E-state index contributed by atoms with van der Waals surface area (Å²) in [6.45, 7) is -0.768. The number of tetrazole rings is 1. The fourth-order valence-corrected chi connectivity index (χ4v) is 3.35. The van der Waals surface area contributed by atoms with E-state index in [0.29, 0.717) is 19.3 Å². The first-order valence-electron chi connectivity index (χ1n) is 9.23. The standard InChI is InChI=1S/C18H21F3N6O2/c19-18(20,21)11-22-16(28)14-6-8-26(9-7-14)17(29)15(27-12-23-24-25-27)10-13-4-2-1-3-5-13/h1-5,12,14-15H,6-11H2,(H,22,28)/t15-/m1/s1. The quantitative estimate of drug-likeness (QED) is 0.777. The van der Waals surface area contributed by atoms with Crippen molar-refractivity contribution in [2.75, 3.05) is 19.6 Å². The van der Waals surface area contributed by atoms with Crippen LogP contribution in [0.2, 0.25) is 0 Å². The number of benzene rings is 1. The van der Waals surface area contributed by atoms with E-state index in [2.05, 4.69) is 15.5 Å². The van der Waals surface area contributed by atoms with Gasteiger partial charge in [-0.15, -0.1) is 5.10 Å². The van der Waals surface area contributed by atoms with E-state index in [1.165, 1.54) is 11.0 Å². The van der Waals surface area contributed by atoms with Gasteiger partial charge in [0.1, 0.15) is 18.9 Å². The molecule has 0 saturated carbocycles. The molecule has 29 heavy (non-hydrogen) atoms. The molecule has 2 aromatic rings. The van der Waals surface area contributed by atoms with Gasteiger partial charge < -0.3 is 10.2 Å². The van der Waals surface area contributed by atoms with Crippen LogP contribution in [0.5, 0.6) is 0 Å². The summed E-state index contributed by atoms with van der Waals surface area (Å²) in [5.74, 6) is -1.35. The zero-order valence-electron chi connectivity index (χ0n) is 15.5. The zero-order chi connectivity index (χ0) is 20.9. The molecule has 1 aromatic carbocycles. The Labute approximate surface area is 165 Å². The summed E-state index contributed by atoms with van der Waals surface area (Å²) in [6.07, 6.45) is -2.05. The Hall–Kier alpha value is -2.98. The minimum absolute atomic E-state index is 0.185. The summed E-state index contributed by atoms with van der Waals surface area (Å²) in [6, 6.07) is 8.81. The molecule has 1 fully saturated rings. The fraction of sp³-hybridized carbons (Fsp3) is 0.500. The van der Waals surface area contributed by atoms with E-state index in [0.717, 1.165) is 5.56 Å². The van der Waals surface area contributed by atoms with Crippen molar-refractivity contribution in [1.82, 2.24) is 30.4 Å². The summed E-state index contributed by atoms with van der Waals surface area (Å²) in [4.78, 5) is 26.6. The van der Waals surface area contributed by atoms with Crippen LogP contribution >= 0.6 is 0 Å². The van der Waals surface area contributed by atoms with E-state index in [9.17, 15) is 22.8 Å². The van der Waals surface area contributed by atoms with Gasteiger partial charge in [0.15, 0.2) is 0 Å². The molecular formula is C18H21F3N6O2. The van der Waals surface area contributed by atoms with Crippen LogP contribution in [0, 0.1) is 5.92 Å². The second-order valence-corrected chi connectivity index (χ2v) is 6.93. The Balaban J connectivity index is 1.60. The maximum absolute atomic E-state index is 13.1. The second kappa shape index (κ2) is 9.01. The molecule has 156 valence electrons. The first kappa shape index (κ1) is 20.7. The number of rotatable bonds is 6. The lowest BCUT2D eigenvalue weighted by Gasteiger charge is -2.33. The molecule has 1 aliphatic rings. The normalized spacial score (nSPS) is 16.4. The number of aromatic nitrogens is 4. The molecule has 2 heterocycles. The summed E-state index contributed by atoms with van der Waals surface area (Å²) < 4.78 is 38.2.